The Kier molecular flexibility index (Phi) is 6.68. The number of benzene rings is 2. The normalized spacial score (nSPS) is 16.0. The minimum atomic E-state index is -0.363. The number of rotatable bonds is 7. The monoisotopic (exact) mass is 388 g/mol. The molecule has 3 rings (SSSR count). The molecule has 1 fully saturated rings. The molecule has 1 saturated heterocycles. The van der Waals surface area contributed by atoms with Crippen LogP contribution in [0.1, 0.15) is 23.2 Å². The van der Waals surface area contributed by atoms with Gasteiger partial charge in [0.05, 0.1) is 11.7 Å². The summed E-state index contributed by atoms with van der Waals surface area (Å²) in [5, 5.41) is 5.97. The van der Waals surface area contributed by atoms with E-state index in [1.807, 2.05) is 18.2 Å². The Balaban J connectivity index is 1.59. The molecule has 2 aromatic rings. The van der Waals surface area contributed by atoms with Gasteiger partial charge in [0.2, 0.25) is 0 Å². The van der Waals surface area contributed by atoms with E-state index in [-0.39, 0.29) is 30.1 Å². The van der Waals surface area contributed by atoms with Crippen LogP contribution >= 0.6 is 11.6 Å². The predicted molar refractivity (Wildman–Crippen MR) is 103 cm³/mol. The van der Waals surface area contributed by atoms with Crippen LogP contribution in [0.2, 0.25) is 5.02 Å². The summed E-state index contributed by atoms with van der Waals surface area (Å²) in [4.78, 5) is 24.6. The van der Waals surface area contributed by atoms with Crippen LogP contribution in [0.5, 0.6) is 5.75 Å². The number of hydrogen-bond acceptors (Lipinski definition) is 4. The van der Waals surface area contributed by atoms with Crippen LogP contribution in [0.25, 0.3) is 0 Å². The second-order valence-electron chi connectivity index (χ2n) is 6.19. The quantitative estimate of drug-likeness (QED) is 0.763. The Hall–Kier alpha value is -2.57. The number of hydrogen-bond donors (Lipinski definition) is 2. The minimum Gasteiger partial charge on any atom is -0.483 e. The van der Waals surface area contributed by atoms with E-state index in [4.69, 9.17) is 21.1 Å². The summed E-state index contributed by atoms with van der Waals surface area (Å²) in [6, 6.07) is 13.8. The van der Waals surface area contributed by atoms with Gasteiger partial charge in [-0.3, -0.25) is 9.59 Å². The molecule has 0 aromatic heterocycles. The van der Waals surface area contributed by atoms with E-state index in [0.29, 0.717) is 23.0 Å². The highest BCUT2D eigenvalue weighted by Crippen LogP contribution is 2.24. The first-order valence-corrected chi connectivity index (χ1v) is 9.16. The number of halogens is 1. The van der Waals surface area contributed by atoms with Crippen molar-refractivity contribution in [2.45, 2.75) is 18.9 Å². The third-order valence-corrected chi connectivity index (χ3v) is 4.36. The van der Waals surface area contributed by atoms with Crippen LogP contribution in [0.3, 0.4) is 0 Å². The van der Waals surface area contributed by atoms with Gasteiger partial charge in [0.1, 0.15) is 5.75 Å². The smallest absolute Gasteiger partial charge is 0.259 e. The predicted octanol–water partition coefficient (Wildman–Crippen LogP) is 3.27. The summed E-state index contributed by atoms with van der Waals surface area (Å²) in [6.07, 6.45) is 2.03. The van der Waals surface area contributed by atoms with Crippen LogP contribution in [0.15, 0.2) is 48.5 Å². The van der Waals surface area contributed by atoms with Crippen molar-refractivity contribution in [2.24, 2.45) is 0 Å². The molecule has 1 atom stereocenters. The SMILES string of the molecule is O=C(COc1ccc(Cl)cc1C(=O)Nc1ccccc1)NC[C@H]1CCCO1. The lowest BCUT2D eigenvalue weighted by molar-refractivity contribution is -0.123. The van der Waals surface area contributed by atoms with Gasteiger partial charge in [0.25, 0.3) is 11.8 Å². The Morgan fingerprint density at radius 2 is 2.00 bits per heavy atom. The summed E-state index contributed by atoms with van der Waals surface area (Å²) >= 11 is 6.02. The largest absolute Gasteiger partial charge is 0.483 e. The fourth-order valence-corrected chi connectivity index (χ4v) is 2.92. The van der Waals surface area contributed by atoms with Crippen molar-refractivity contribution in [2.75, 3.05) is 25.1 Å². The number of nitrogens with one attached hydrogen (secondary N) is 2. The zero-order valence-corrected chi connectivity index (χ0v) is 15.5. The third-order valence-electron chi connectivity index (χ3n) is 4.13. The zero-order chi connectivity index (χ0) is 19.1. The molecule has 0 unspecified atom stereocenters. The maximum Gasteiger partial charge on any atom is 0.259 e. The van der Waals surface area contributed by atoms with Crippen LogP contribution in [0, 0.1) is 0 Å². The molecule has 0 saturated carbocycles. The van der Waals surface area contributed by atoms with Crippen LogP contribution in [-0.4, -0.2) is 37.7 Å². The van der Waals surface area contributed by atoms with Gasteiger partial charge in [-0.15, -0.1) is 0 Å². The van der Waals surface area contributed by atoms with Gasteiger partial charge in [0, 0.05) is 23.9 Å². The first-order valence-electron chi connectivity index (χ1n) is 8.79. The first kappa shape index (κ1) is 19.2. The van der Waals surface area contributed by atoms with E-state index in [0.717, 1.165) is 19.4 Å². The summed E-state index contributed by atoms with van der Waals surface area (Å²) in [5.74, 6) is -0.339. The second-order valence-corrected chi connectivity index (χ2v) is 6.62. The Morgan fingerprint density at radius 1 is 1.19 bits per heavy atom. The lowest BCUT2D eigenvalue weighted by Gasteiger charge is -2.14. The molecule has 27 heavy (non-hydrogen) atoms. The molecule has 0 bridgehead atoms. The molecule has 142 valence electrons. The number of para-hydroxylation sites is 1. The first-order chi connectivity index (χ1) is 13.1. The van der Waals surface area contributed by atoms with Crippen molar-refractivity contribution in [3.63, 3.8) is 0 Å². The van der Waals surface area contributed by atoms with Gasteiger partial charge in [-0.05, 0) is 43.2 Å². The van der Waals surface area contributed by atoms with Crippen molar-refractivity contribution in [3.8, 4) is 5.75 Å². The molecule has 1 heterocycles. The molecule has 1 aliphatic heterocycles. The van der Waals surface area contributed by atoms with E-state index >= 15 is 0 Å². The van der Waals surface area contributed by atoms with Gasteiger partial charge in [-0.1, -0.05) is 29.8 Å². The van der Waals surface area contributed by atoms with Gasteiger partial charge in [0.15, 0.2) is 6.61 Å². The zero-order valence-electron chi connectivity index (χ0n) is 14.7. The Labute approximate surface area is 162 Å². The maximum atomic E-state index is 12.6. The van der Waals surface area contributed by atoms with Crippen LogP contribution in [0.4, 0.5) is 5.69 Å². The molecule has 1 aliphatic rings. The molecular formula is C20H21ClN2O4. The van der Waals surface area contributed by atoms with Crippen molar-refractivity contribution >= 4 is 29.1 Å². The molecule has 0 aliphatic carbocycles. The van der Waals surface area contributed by atoms with Gasteiger partial charge in [-0.25, -0.2) is 0 Å². The summed E-state index contributed by atoms with van der Waals surface area (Å²) in [6.45, 7) is 1.01. The van der Waals surface area contributed by atoms with Crippen molar-refractivity contribution in [1.29, 1.82) is 0 Å². The highest BCUT2D eigenvalue weighted by Gasteiger charge is 2.18. The maximum absolute atomic E-state index is 12.6. The van der Waals surface area contributed by atoms with E-state index < -0.39 is 0 Å². The molecule has 0 radical (unpaired) electrons. The van der Waals surface area contributed by atoms with Crippen molar-refractivity contribution in [1.82, 2.24) is 5.32 Å². The van der Waals surface area contributed by atoms with Gasteiger partial charge < -0.3 is 20.1 Å². The standard InChI is InChI=1S/C20H21ClN2O4/c21-14-8-9-18(27-13-19(24)22-12-16-7-4-10-26-16)17(11-14)20(25)23-15-5-2-1-3-6-15/h1-3,5-6,8-9,11,16H,4,7,10,12-13H2,(H,22,24)(H,23,25)/t16-/m1/s1. The highest BCUT2D eigenvalue weighted by atomic mass is 35.5. The van der Waals surface area contributed by atoms with Gasteiger partial charge >= 0.3 is 0 Å². The highest BCUT2D eigenvalue weighted by molar-refractivity contribution is 6.31. The van der Waals surface area contributed by atoms with Crippen LogP contribution < -0.4 is 15.4 Å². The average Bonchev–Trinajstić information content (AvgIpc) is 3.19. The van der Waals surface area contributed by atoms with Crippen LogP contribution in [-0.2, 0) is 9.53 Å². The summed E-state index contributed by atoms with van der Waals surface area (Å²) in [5.41, 5.74) is 0.918. The van der Waals surface area contributed by atoms with E-state index in [2.05, 4.69) is 10.6 Å². The molecule has 2 N–H and O–H groups in total. The van der Waals surface area contributed by atoms with Crippen molar-refractivity contribution in [3.05, 3.63) is 59.1 Å². The van der Waals surface area contributed by atoms with Gasteiger partial charge in [-0.2, -0.15) is 0 Å². The van der Waals surface area contributed by atoms with E-state index in [9.17, 15) is 9.59 Å². The number of carbonyl (C=O) groups is 2. The molecule has 2 aromatic carbocycles. The minimum absolute atomic E-state index is 0.0664. The van der Waals surface area contributed by atoms with E-state index in [1.165, 1.54) is 6.07 Å². The fourth-order valence-electron chi connectivity index (χ4n) is 2.75. The topological polar surface area (TPSA) is 76.7 Å². The summed E-state index contributed by atoms with van der Waals surface area (Å²) < 4.78 is 11.0. The molecule has 2 amide bonds. The van der Waals surface area contributed by atoms with Crippen molar-refractivity contribution < 1.29 is 19.1 Å². The summed E-state index contributed by atoms with van der Waals surface area (Å²) in [7, 11) is 0. The molecular weight excluding hydrogens is 368 g/mol. The Bertz CT molecular complexity index is 792. The average molecular weight is 389 g/mol. The number of ether oxygens (including phenoxy) is 2. The number of amides is 2. The third kappa shape index (κ3) is 5.70. The lowest BCUT2D eigenvalue weighted by atomic mass is 10.2. The lowest BCUT2D eigenvalue weighted by Crippen LogP contribution is -2.35. The van der Waals surface area contributed by atoms with E-state index in [1.54, 1.807) is 24.3 Å². The fraction of sp³-hybridized carbons (Fsp3) is 0.300. The number of anilines is 1. The second kappa shape index (κ2) is 9.39. The molecule has 6 nitrogen and oxygen atoms in total. The Morgan fingerprint density at radius 3 is 2.74 bits per heavy atom. The number of carbonyl (C=O) groups excluding carboxylic acids is 2. The molecule has 0 spiro atoms. The molecule has 7 heteroatoms.